The highest BCUT2D eigenvalue weighted by atomic mass is 32.1. The van der Waals surface area contributed by atoms with E-state index >= 15 is 0 Å². The van der Waals surface area contributed by atoms with E-state index in [2.05, 4.69) is 11.9 Å². The third-order valence-corrected chi connectivity index (χ3v) is 6.66. The molecule has 0 unspecified atom stereocenters. The van der Waals surface area contributed by atoms with Gasteiger partial charge in [-0.05, 0) is 44.6 Å². The predicted octanol–water partition coefficient (Wildman–Crippen LogP) is 1.91. The van der Waals surface area contributed by atoms with Crippen molar-refractivity contribution in [1.82, 2.24) is 19.4 Å². The van der Waals surface area contributed by atoms with Gasteiger partial charge in [-0.1, -0.05) is 6.92 Å². The first-order valence-electron chi connectivity index (χ1n) is 9.87. The zero-order valence-corrected chi connectivity index (χ0v) is 17.8. The van der Waals surface area contributed by atoms with Crippen LogP contribution in [0.3, 0.4) is 0 Å². The second-order valence-corrected chi connectivity index (χ2v) is 8.61. The van der Waals surface area contributed by atoms with Crippen LogP contribution in [0, 0.1) is 5.92 Å². The Kier molecular flexibility index (Phi) is 6.17. The first-order chi connectivity index (χ1) is 13.3. The lowest BCUT2D eigenvalue weighted by Crippen LogP contribution is -2.42. The molecule has 0 aromatic carbocycles. The summed E-state index contributed by atoms with van der Waals surface area (Å²) in [4.78, 5) is 47.3. The molecule has 8 heteroatoms. The molecule has 0 saturated carbocycles. The second-order valence-electron chi connectivity index (χ2n) is 7.53. The van der Waals surface area contributed by atoms with E-state index in [0.717, 1.165) is 29.7 Å². The van der Waals surface area contributed by atoms with Crippen molar-refractivity contribution in [2.24, 2.45) is 5.92 Å². The van der Waals surface area contributed by atoms with Crippen molar-refractivity contribution < 1.29 is 9.59 Å². The molecule has 0 aliphatic heterocycles. The molecule has 0 spiro atoms. The van der Waals surface area contributed by atoms with E-state index in [1.165, 1.54) is 20.7 Å². The van der Waals surface area contributed by atoms with Crippen molar-refractivity contribution in [3.8, 4) is 0 Å². The van der Waals surface area contributed by atoms with E-state index in [0.29, 0.717) is 24.4 Å². The second kappa shape index (κ2) is 8.43. The molecule has 0 radical (unpaired) electrons. The zero-order valence-electron chi connectivity index (χ0n) is 17.0. The maximum absolute atomic E-state index is 13.0. The van der Waals surface area contributed by atoms with Crippen LogP contribution in [0.15, 0.2) is 11.1 Å². The van der Waals surface area contributed by atoms with Gasteiger partial charge in [0, 0.05) is 25.0 Å². The van der Waals surface area contributed by atoms with Gasteiger partial charge in [-0.3, -0.25) is 19.0 Å². The fraction of sp³-hybridized carbons (Fsp3) is 0.600. The van der Waals surface area contributed by atoms with Crippen LogP contribution in [-0.2, 0) is 29.0 Å². The molecule has 1 aliphatic carbocycles. The maximum Gasteiger partial charge on any atom is 0.262 e. The Morgan fingerprint density at radius 2 is 2.00 bits per heavy atom. The highest BCUT2D eigenvalue weighted by molar-refractivity contribution is 7.18. The van der Waals surface area contributed by atoms with Gasteiger partial charge in [0.15, 0.2) is 0 Å². The van der Waals surface area contributed by atoms with Gasteiger partial charge >= 0.3 is 0 Å². The summed E-state index contributed by atoms with van der Waals surface area (Å²) in [6.07, 6.45) is 4.41. The molecule has 0 N–H and O–H groups in total. The van der Waals surface area contributed by atoms with Crippen molar-refractivity contribution in [3.63, 3.8) is 0 Å². The number of hydrogen-bond acceptors (Lipinski definition) is 5. The van der Waals surface area contributed by atoms with Crippen molar-refractivity contribution in [2.45, 2.75) is 46.6 Å². The number of fused-ring (bicyclic) bond motifs is 3. The number of aromatic nitrogens is 2. The average molecular weight is 405 g/mol. The first-order valence-corrected chi connectivity index (χ1v) is 10.7. The molecule has 2 aromatic rings. The van der Waals surface area contributed by atoms with Crippen LogP contribution in [0.4, 0.5) is 0 Å². The fourth-order valence-corrected chi connectivity index (χ4v) is 5.05. The molecule has 0 fully saturated rings. The Morgan fingerprint density at radius 1 is 1.29 bits per heavy atom. The van der Waals surface area contributed by atoms with Crippen LogP contribution in [0.2, 0.25) is 0 Å². The minimum atomic E-state index is -0.276. The smallest absolute Gasteiger partial charge is 0.262 e. The third kappa shape index (κ3) is 3.97. The van der Waals surface area contributed by atoms with Gasteiger partial charge < -0.3 is 9.80 Å². The highest BCUT2D eigenvalue weighted by Crippen LogP contribution is 2.35. The number of hydrogen-bond donors (Lipinski definition) is 0. The van der Waals surface area contributed by atoms with Crippen LogP contribution < -0.4 is 5.56 Å². The lowest BCUT2D eigenvalue weighted by atomic mass is 9.89. The summed E-state index contributed by atoms with van der Waals surface area (Å²) in [5.74, 6) is 0.255. The normalized spacial score (nSPS) is 16.1. The molecule has 7 nitrogen and oxygen atoms in total. The average Bonchev–Trinajstić information content (AvgIpc) is 3.02. The predicted molar refractivity (Wildman–Crippen MR) is 111 cm³/mol. The Morgan fingerprint density at radius 3 is 2.68 bits per heavy atom. The first kappa shape index (κ1) is 20.5. The highest BCUT2D eigenvalue weighted by Gasteiger charge is 2.24. The lowest BCUT2D eigenvalue weighted by Gasteiger charge is -2.23. The third-order valence-electron chi connectivity index (χ3n) is 5.50. The summed E-state index contributed by atoms with van der Waals surface area (Å²) in [5.41, 5.74) is 0.955. The van der Waals surface area contributed by atoms with Gasteiger partial charge in [-0.25, -0.2) is 4.98 Å². The van der Waals surface area contributed by atoms with Crippen LogP contribution in [-0.4, -0.2) is 57.8 Å². The summed E-state index contributed by atoms with van der Waals surface area (Å²) in [6.45, 7) is 7.17. The Balaban J connectivity index is 1.79. The fourth-order valence-electron chi connectivity index (χ4n) is 3.71. The lowest BCUT2D eigenvalue weighted by molar-refractivity contribution is -0.139. The Bertz CT molecular complexity index is 945. The number of rotatable bonds is 6. The molecule has 0 saturated heterocycles. The van der Waals surface area contributed by atoms with E-state index in [9.17, 15) is 14.4 Å². The molecule has 28 heavy (non-hydrogen) atoms. The molecule has 0 bridgehead atoms. The van der Waals surface area contributed by atoms with Gasteiger partial charge in [0.2, 0.25) is 11.8 Å². The number of carbonyl (C=O) groups is 2. The van der Waals surface area contributed by atoms with Gasteiger partial charge in [0.1, 0.15) is 11.4 Å². The Hall–Kier alpha value is -2.22. The van der Waals surface area contributed by atoms with E-state index in [1.807, 2.05) is 13.8 Å². The van der Waals surface area contributed by atoms with E-state index < -0.39 is 0 Å². The monoisotopic (exact) mass is 404 g/mol. The minimum absolute atomic E-state index is 0.0106. The zero-order chi connectivity index (χ0) is 20.4. The molecule has 1 atom stereocenters. The molecule has 2 amide bonds. The maximum atomic E-state index is 13.0. The summed E-state index contributed by atoms with van der Waals surface area (Å²) < 4.78 is 1.37. The minimum Gasteiger partial charge on any atom is -0.342 e. The molecular formula is C20H28N4O3S. The van der Waals surface area contributed by atoms with Crippen molar-refractivity contribution >= 4 is 33.4 Å². The molecule has 152 valence electrons. The summed E-state index contributed by atoms with van der Waals surface area (Å²) in [7, 11) is 1.59. The van der Waals surface area contributed by atoms with E-state index in [1.54, 1.807) is 23.3 Å². The number of carbonyl (C=O) groups excluding carboxylic acids is 2. The van der Waals surface area contributed by atoms with E-state index in [-0.39, 0.29) is 30.5 Å². The number of nitrogens with zero attached hydrogens (tertiary/aromatic N) is 4. The van der Waals surface area contributed by atoms with Crippen LogP contribution in [0.5, 0.6) is 0 Å². The number of aryl methyl sites for hydroxylation is 1. The summed E-state index contributed by atoms with van der Waals surface area (Å²) >= 11 is 1.60. The van der Waals surface area contributed by atoms with Crippen molar-refractivity contribution in [3.05, 3.63) is 27.1 Å². The summed E-state index contributed by atoms with van der Waals surface area (Å²) in [6, 6.07) is 0. The quantitative estimate of drug-likeness (QED) is 0.737. The molecule has 2 heterocycles. The van der Waals surface area contributed by atoms with Crippen LogP contribution in [0.1, 0.15) is 37.6 Å². The summed E-state index contributed by atoms with van der Waals surface area (Å²) in [5, 5.41) is 0.670. The van der Waals surface area contributed by atoms with Crippen LogP contribution in [0.25, 0.3) is 10.2 Å². The standard InChI is InChI=1S/C20H28N4O3S/c1-5-23(6-2)17(26)10-22(4)16(25)11-24-12-21-19-18(20(24)27)14-8-7-13(3)9-15(14)28-19/h12-13H,5-11H2,1-4H3/t13-/m1/s1. The Labute approximate surface area is 169 Å². The van der Waals surface area contributed by atoms with Gasteiger partial charge in [0.25, 0.3) is 5.56 Å². The SMILES string of the molecule is CCN(CC)C(=O)CN(C)C(=O)Cn1cnc2sc3c(c2c1=O)CC[C@@H](C)C3. The van der Waals surface area contributed by atoms with E-state index in [4.69, 9.17) is 0 Å². The van der Waals surface area contributed by atoms with Gasteiger partial charge in [0.05, 0.1) is 18.3 Å². The van der Waals surface area contributed by atoms with Crippen molar-refractivity contribution in [1.29, 1.82) is 0 Å². The van der Waals surface area contributed by atoms with Crippen molar-refractivity contribution in [2.75, 3.05) is 26.7 Å². The molecule has 1 aliphatic rings. The largest absolute Gasteiger partial charge is 0.342 e. The topological polar surface area (TPSA) is 75.5 Å². The molecule has 3 rings (SSSR count). The number of thiophene rings is 1. The number of amides is 2. The molecular weight excluding hydrogens is 376 g/mol. The van der Waals surface area contributed by atoms with Gasteiger partial charge in [-0.2, -0.15) is 0 Å². The number of likely N-dealkylation sites (N-methyl/N-ethyl adjacent to an activating group) is 2. The van der Waals surface area contributed by atoms with Crippen LogP contribution >= 0.6 is 11.3 Å². The van der Waals surface area contributed by atoms with Gasteiger partial charge in [-0.15, -0.1) is 11.3 Å². The molecule has 2 aromatic heterocycles.